The van der Waals surface area contributed by atoms with Gasteiger partial charge in [0.15, 0.2) is 5.78 Å². The Morgan fingerprint density at radius 2 is 1.65 bits per heavy atom. The second kappa shape index (κ2) is 10.8. The van der Waals surface area contributed by atoms with E-state index in [0.717, 1.165) is 55.1 Å². The second-order valence-corrected chi connectivity index (χ2v) is 9.47. The van der Waals surface area contributed by atoms with E-state index < -0.39 is 0 Å². The molecule has 1 saturated heterocycles. The molecular formula is C30H35N3O. The van der Waals surface area contributed by atoms with Crippen LogP contribution in [0.3, 0.4) is 0 Å². The van der Waals surface area contributed by atoms with Gasteiger partial charge in [-0.15, -0.1) is 0 Å². The van der Waals surface area contributed by atoms with Crippen LogP contribution in [0.25, 0.3) is 17.2 Å². The van der Waals surface area contributed by atoms with E-state index in [1.165, 1.54) is 16.7 Å². The molecule has 0 N–H and O–H groups in total. The lowest BCUT2D eigenvalue weighted by molar-refractivity contribution is 0.104. The highest BCUT2D eigenvalue weighted by molar-refractivity contribution is 6.11. The van der Waals surface area contributed by atoms with Crippen LogP contribution in [0, 0.1) is 6.92 Å². The molecule has 0 aliphatic carbocycles. The summed E-state index contributed by atoms with van der Waals surface area (Å²) < 4.78 is 0. The van der Waals surface area contributed by atoms with Gasteiger partial charge in [0.05, 0.1) is 0 Å². The third kappa shape index (κ3) is 5.64. The molecule has 34 heavy (non-hydrogen) atoms. The number of aryl methyl sites for hydroxylation is 1. The first-order valence-electron chi connectivity index (χ1n) is 12.0. The normalized spacial score (nSPS) is 14.8. The lowest BCUT2D eigenvalue weighted by Gasteiger charge is -2.35. The van der Waals surface area contributed by atoms with E-state index in [0.29, 0.717) is 0 Å². The Morgan fingerprint density at radius 3 is 2.38 bits per heavy atom. The Balaban J connectivity index is 1.71. The van der Waals surface area contributed by atoms with Crippen LogP contribution < -0.4 is 4.90 Å². The molecule has 4 nitrogen and oxygen atoms in total. The smallest absolute Gasteiger partial charge is 0.187 e. The Labute approximate surface area is 204 Å². The van der Waals surface area contributed by atoms with Gasteiger partial charge in [0, 0.05) is 44.0 Å². The number of hydrogen-bond donors (Lipinski definition) is 0. The van der Waals surface area contributed by atoms with Gasteiger partial charge in [-0.1, -0.05) is 60.7 Å². The first-order valence-corrected chi connectivity index (χ1v) is 12.0. The van der Waals surface area contributed by atoms with Gasteiger partial charge in [-0.3, -0.25) is 4.79 Å². The van der Waals surface area contributed by atoms with E-state index in [2.05, 4.69) is 103 Å². The highest BCUT2D eigenvalue weighted by Crippen LogP contribution is 2.31. The Morgan fingerprint density at radius 1 is 0.941 bits per heavy atom. The predicted molar refractivity (Wildman–Crippen MR) is 144 cm³/mol. The zero-order valence-electron chi connectivity index (χ0n) is 20.8. The van der Waals surface area contributed by atoms with Gasteiger partial charge in [0.25, 0.3) is 0 Å². The number of rotatable bonds is 7. The van der Waals surface area contributed by atoms with Crippen molar-refractivity contribution in [1.29, 1.82) is 0 Å². The molecule has 3 aromatic rings. The van der Waals surface area contributed by atoms with Crippen LogP contribution in [0.2, 0.25) is 0 Å². The molecule has 0 atom stereocenters. The average Bonchev–Trinajstić information content (AvgIpc) is 2.83. The fraction of sp³-hybridized carbons (Fsp3) is 0.300. The van der Waals surface area contributed by atoms with Crippen molar-refractivity contribution in [3.8, 4) is 11.1 Å². The van der Waals surface area contributed by atoms with Gasteiger partial charge in [-0.25, -0.2) is 0 Å². The van der Waals surface area contributed by atoms with E-state index in [1.807, 2.05) is 12.1 Å². The molecule has 0 unspecified atom stereocenters. The van der Waals surface area contributed by atoms with Crippen molar-refractivity contribution < 1.29 is 4.79 Å². The molecule has 1 aliphatic rings. The number of ketones is 1. The number of hydrogen-bond acceptors (Lipinski definition) is 4. The minimum Gasteiger partial charge on any atom is -0.368 e. The number of nitrogens with zero attached hydrogens (tertiary/aromatic N) is 3. The molecule has 0 saturated carbocycles. The van der Waals surface area contributed by atoms with Crippen LogP contribution in [-0.2, 0) is 6.54 Å². The average molecular weight is 454 g/mol. The summed E-state index contributed by atoms with van der Waals surface area (Å²) in [5.74, 6) is 0.0454. The van der Waals surface area contributed by atoms with Crippen molar-refractivity contribution in [2.45, 2.75) is 13.5 Å². The number of likely N-dealkylation sites (N-methyl/N-ethyl adjacent to an activating group) is 1. The Bertz CT molecular complexity index is 1170. The van der Waals surface area contributed by atoms with Crippen molar-refractivity contribution in [2.75, 3.05) is 52.2 Å². The molecule has 0 radical (unpaired) electrons. The molecule has 176 valence electrons. The van der Waals surface area contributed by atoms with Gasteiger partial charge < -0.3 is 14.7 Å². The van der Waals surface area contributed by atoms with E-state index in [-0.39, 0.29) is 5.78 Å². The number of anilines is 1. The third-order valence-electron chi connectivity index (χ3n) is 6.52. The van der Waals surface area contributed by atoms with E-state index in [4.69, 9.17) is 0 Å². The fourth-order valence-electron chi connectivity index (χ4n) is 4.56. The summed E-state index contributed by atoms with van der Waals surface area (Å²) in [4.78, 5) is 20.4. The van der Waals surface area contributed by atoms with Crippen molar-refractivity contribution >= 4 is 17.5 Å². The maximum Gasteiger partial charge on any atom is 0.187 e. The number of benzene rings is 3. The molecule has 1 aliphatic heterocycles. The van der Waals surface area contributed by atoms with Crippen molar-refractivity contribution in [1.82, 2.24) is 9.80 Å². The molecule has 4 rings (SSSR count). The topological polar surface area (TPSA) is 26.8 Å². The monoisotopic (exact) mass is 453 g/mol. The van der Waals surface area contributed by atoms with E-state index in [1.54, 1.807) is 6.08 Å². The number of carbonyl (C=O) groups excluding carboxylic acids is 1. The van der Waals surface area contributed by atoms with Crippen LogP contribution >= 0.6 is 0 Å². The lowest BCUT2D eigenvalue weighted by atomic mass is 9.95. The van der Waals surface area contributed by atoms with Crippen LogP contribution in [0.15, 0.2) is 72.8 Å². The number of allylic oxidation sites excluding steroid dienone is 1. The van der Waals surface area contributed by atoms with E-state index >= 15 is 0 Å². The van der Waals surface area contributed by atoms with Gasteiger partial charge >= 0.3 is 0 Å². The van der Waals surface area contributed by atoms with Crippen molar-refractivity contribution in [3.05, 3.63) is 95.1 Å². The van der Waals surface area contributed by atoms with Gasteiger partial charge in [-0.05, 0) is 74.1 Å². The third-order valence-corrected chi connectivity index (χ3v) is 6.52. The van der Waals surface area contributed by atoms with Gasteiger partial charge in [-0.2, -0.15) is 0 Å². The van der Waals surface area contributed by atoms with Gasteiger partial charge in [0.2, 0.25) is 0 Å². The molecule has 0 aromatic heterocycles. The Hall–Kier alpha value is -3.21. The molecule has 0 amide bonds. The maximum absolute atomic E-state index is 13.6. The van der Waals surface area contributed by atoms with Crippen molar-refractivity contribution in [3.63, 3.8) is 0 Å². The second-order valence-electron chi connectivity index (χ2n) is 9.47. The summed E-state index contributed by atoms with van der Waals surface area (Å²) in [7, 11) is 6.27. The lowest BCUT2D eigenvalue weighted by Crippen LogP contribution is -2.45. The fourth-order valence-corrected chi connectivity index (χ4v) is 4.56. The molecule has 3 aromatic carbocycles. The maximum atomic E-state index is 13.6. The number of piperazine rings is 1. The summed E-state index contributed by atoms with van der Waals surface area (Å²) in [6.45, 7) is 6.81. The summed E-state index contributed by atoms with van der Waals surface area (Å²) in [6, 6.07) is 23.0. The summed E-state index contributed by atoms with van der Waals surface area (Å²) in [5, 5.41) is 0. The summed E-state index contributed by atoms with van der Waals surface area (Å²) in [5.41, 5.74) is 7.56. The first kappa shape index (κ1) is 23.9. The summed E-state index contributed by atoms with van der Waals surface area (Å²) >= 11 is 0. The van der Waals surface area contributed by atoms with Crippen molar-refractivity contribution in [2.24, 2.45) is 0 Å². The zero-order valence-corrected chi connectivity index (χ0v) is 20.8. The molecule has 1 heterocycles. The largest absolute Gasteiger partial charge is 0.368 e. The highest BCUT2D eigenvalue weighted by atomic mass is 16.1. The zero-order chi connectivity index (χ0) is 24.1. The summed E-state index contributed by atoms with van der Waals surface area (Å²) in [6.07, 6.45) is 3.71. The minimum atomic E-state index is 0.0454. The van der Waals surface area contributed by atoms with Crippen LogP contribution in [-0.4, -0.2) is 62.9 Å². The number of carbonyl (C=O) groups is 1. The SMILES string of the molecule is Cc1ccccc1-c1ccc(N2CCN(C)CC2)c(C(=O)/C=C/c2ccccc2CN(C)C)c1. The van der Waals surface area contributed by atoms with Gasteiger partial charge in [0.1, 0.15) is 0 Å². The van der Waals surface area contributed by atoms with Crippen LogP contribution in [0.1, 0.15) is 27.0 Å². The van der Waals surface area contributed by atoms with Crippen LogP contribution in [0.5, 0.6) is 0 Å². The molecule has 1 fully saturated rings. The molecular weight excluding hydrogens is 418 g/mol. The minimum absolute atomic E-state index is 0.0454. The first-order chi connectivity index (χ1) is 16.4. The Kier molecular flexibility index (Phi) is 7.61. The van der Waals surface area contributed by atoms with E-state index in [9.17, 15) is 4.79 Å². The van der Waals surface area contributed by atoms with Crippen LogP contribution in [0.4, 0.5) is 5.69 Å². The molecule has 4 heteroatoms. The quantitative estimate of drug-likeness (QED) is 0.355. The predicted octanol–water partition coefficient (Wildman–Crippen LogP) is 5.37. The molecule has 0 bridgehead atoms. The molecule has 0 spiro atoms. The standard InChI is InChI=1S/C30H35N3O/c1-23-9-5-8-12-27(23)25-13-15-29(33-19-17-32(4)18-20-33)28(21-25)30(34)16-14-24-10-6-7-11-26(24)22-31(2)3/h5-16,21H,17-20,22H2,1-4H3/b16-14+. The highest BCUT2D eigenvalue weighted by Gasteiger charge is 2.20.